The van der Waals surface area contributed by atoms with Crippen molar-refractivity contribution in [2.24, 2.45) is 0 Å². The largest absolute Gasteiger partial charge is 0.461 e. The SMILES string of the molecule is C=C(CC(=O)OCc1ccccc1)[P]1(O)N(c2ccccc2)CCN1c1ccccc1. The zero-order valence-corrected chi connectivity index (χ0v) is 18.2. The molecule has 0 aromatic heterocycles. The molecule has 1 aliphatic heterocycles. The topological polar surface area (TPSA) is 53.0 Å². The summed E-state index contributed by atoms with van der Waals surface area (Å²) in [6.45, 7) is 5.65. The van der Waals surface area contributed by atoms with E-state index in [0.29, 0.717) is 18.4 Å². The molecule has 3 aromatic carbocycles. The summed E-state index contributed by atoms with van der Waals surface area (Å²) in [6, 6.07) is 29.1. The molecule has 1 fully saturated rings. The Labute approximate surface area is 183 Å². The minimum Gasteiger partial charge on any atom is -0.461 e. The van der Waals surface area contributed by atoms with Crippen molar-refractivity contribution in [3.63, 3.8) is 0 Å². The second-order valence-corrected chi connectivity index (χ2v) is 10.1. The molecule has 31 heavy (non-hydrogen) atoms. The molecule has 159 valence electrons. The Bertz CT molecular complexity index is 981. The predicted molar refractivity (Wildman–Crippen MR) is 127 cm³/mol. The van der Waals surface area contributed by atoms with Crippen molar-refractivity contribution in [2.45, 2.75) is 13.0 Å². The summed E-state index contributed by atoms with van der Waals surface area (Å²) in [7, 11) is -3.05. The van der Waals surface area contributed by atoms with Crippen molar-refractivity contribution in [1.82, 2.24) is 0 Å². The second kappa shape index (κ2) is 9.34. The van der Waals surface area contributed by atoms with Crippen molar-refractivity contribution < 1.29 is 14.4 Å². The molecule has 0 aliphatic carbocycles. The molecular formula is C25H26N2O3P. The van der Waals surface area contributed by atoms with Gasteiger partial charge in [-0.15, -0.1) is 0 Å². The lowest BCUT2D eigenvalue weighted by molar-refractivity contribution is -0.144. The van der Waals surface area contributed by atoms with Gasteiger partial charge < -0.3 is 19.0 Å². The second-order valence-electron chi connectivity index (χ2n) is 7.37. The fourth-order valence-electron chi connectivity index (χ4n) is 3.78. The normalized spacial score (nSPS) is 15.0. The summed E-state index contributed by atoms with van der Waals surface area (Å²) in [4.78, 5) is 24.7. The Morgan fingerprint density at radius 2 is 1.29 bits per heavy atom. The third kappa shape index (κ3) is 4.48. The molecule has 1 aliphatic rings. The average Bonchev–Trinajstić information content (AvgIpc) is 3.18. The van der Waals surface area contributed by atoms with E-state index >= 15 is 0 Å². The van der Waals surface area contributed by atoms with Gasteiger partial charge in [0.2, 0.25) is 0 Å². The van der Waals surface area contributed by atoms with Crippen LogP contribution in [0, 0.1) is 0 Å². The first kappa shape index (κ1) is 21.1. The van der Waals surface area contributed by atoms with Gasteiger partial charge in [0, 0.05) is 29.8 Å². The molecule has 1 heterocycles. The maximum absolute atomic E-state index is 12.6. The number of ether oxygens (including phenoxy) is 1. The third-order valence-corrected chi connectivity index (χ3v) is 8.54. The van der Waals surface area contributed by atoms with Crippen LogP contribution in [0.25, 0.3) is 0 Å². The first-order valence-electron chi connectivity index (χ1n) is 10.2. The lowest BCUT2D eigenvalue weighted by atomic mass is 10.2. The van der Waals surface area contributed by atoms with E-state index in [2.05, 4.69) is 6.58 Å². The van der Waals surface area contributed by atoms with Crippen molar-refractivity contribution in [3.05, 3.63) is 108 Å². The maximum atomic E-state index is 12.6. The van der Waals surface area contributed by atoms with E-state index in [9.17, 15) is 9.69 Å². The number of hydrogen-bond acceptors (Lipinski definition) is 5. The number of rotatable bonds is 7. The summed E-state index contributed by atoms with van der Waals surface area (Å²) in [6.07, 6.45) is -0.0379. The lowest BCUT2D eigenvalue weighted by Crippen LogP contribution is -2.26. The number of hydrogen-bond donors (Lipinski definition) is 1. The predicted octanol–water partition coefficient (Wildman–Crippen LogP) is 5.42. The average molecular weight is 433 g/mol. The summed E-state index contributed by atoms with van der Waals surface area (Å²) in [5, 5.41) is 0.482. The number of anilines is 2. The number of para-hydroxylation sites is 2. The fraction of sp³-hybridized carbons (Fsp3) is 0.160. The molecule has 1 radical (unpaired) electrons. The van der Waals surface area contributed by atoms with Gasteiger partial charge in [0.05, 0.1) is 6.42 Å². The van der Waals surface area contributed by atoms with Crippen LogP contribution >= 0.6 is 7.79 Å². The molecule has 4 rings (SSSR count). The van der Waals surface area contributed by atoms with Crippen LogP contribution in [0.3, 0.4) is 0 Å². The highest BCUT2D eigenvalue weighted by molar-refractivity contribution is 7.77. The molecule has 1 N–H and O–H groups in total. The maximum Gasteiger partial charge on any atom is 0.310 e. The van der Waals surface area contributed by atoms with Gasteiger partial charge in [0.15, 0.2) is 7.79 Å². The molecule has 0 amide bonds. The van der Waals surface area contributed by atoms with E-state index in [4.69, 9.17) is 4.74 Å². The Kier molecular flexibility index (Phi) is 6.36. The Morgan fingerprint density at radius 1 is 0.839 bits per heavy atom. The van der Waals surface area contributed by atoms with Crippen LogP contribution in [0.1, 0.15) is 12.0 Å². The van der Waals surface area contributed by atoms with Crippen molar-refractivity contribution >= 4 is 25.1 Å². The van der Waals surface area contributed by atoms with Gasteiger partial charge in [0.25, 0.3) is 0 Å². The van der Waals surface area contributed by atoms with Gasteiger partial charge in [0.1, 0.15) is 6.61 Å². The van der Waals surface area contributed by atoms with E-state index in [1.807, 2.05) is 100 Å². The molecule has 0 spiro atoms. The molecule has 3 aromatic rings. The molecule has 1 saturated heterocycles. The lowest BCUT2D eigenvalue weighted by Gasteiger charge is -2.43. The molecule has 0 saturated carbocycles. The van der Waals surface area contributed by atoms with Gasteiger partial charge in [-0.1, -0.05) is 73.3 Å². The van der Waals surface area contributed by atoms with E-state index in [1.165, 1.54) is 0 Å². The summed E-state index contributed by atoms with van der Waals surface area (Å²) in [5.74, 6) is -0.393. The number of carbonyl (C=O) groups is 1. The van der Waals surface area contributed by atoms with Crippen LogP contribution in [0.5, 0.6) is 0 Å². The van der Waals surface area contributed by atoms with Gasteiger partial charge in [-0.25, -0.2) is 0 Å². The molecule has 6 heteroatoms. The van der Waals surface area contributed by atoms with Gasteiger partial charge in [-0.3, -0.25) is 4.79 Å². The van der Waals surface area contributed by atoms with Crippen LogP contribution in [-0.2, 0) is 16.1 Å². The van der Waals surface area contributed by atoms with Gasteiger partial charge >= 0.3 is 5.97 Å². The Balaban J connectivity index is 1.56. The Morgan fingerprint density at radius 3 is 1.77 bits per heavy atom. The van der Waals surface area contributed by atoms with E-state index < -0.39 is 13.8 Å². The molecule has 5 nitrogen and oxygen atoms in total. The van der Waals surface area contributed by atoms with Crippen LogP contribution in [0.2, 0.25) is 0 Å². The first-order chi connectivity index (χ1) is 15.1. The van der Waals surface area contributed by atoms with Gasteiger partial charge in [-0.05, 0) is 29.8 Å². The first-order valence-corrected chi connectivity index (χ1v) is 11.9. The van der Waals surface area contributed by atoms with Crippen LogP contribution < -0.4 is 9.34 Å². The van der Waals surface area contributed by atoms with Crippen molar-refractivity contribution in [3.8, 4) is 0 Å². The quantitative estimate of drug-likeness (QED) is 0.399. The van der Waals surface area contributed by atoms with E-state index in [-0.39, 0.29) is 13.0 Å². The number of benzene rings is 3. The zero-order chi connectivity index (χ0) is 21.7. The fourth-order valence-corrected chi connectivity index (χ4v) is 6.71. The molecular weight excluding hydrogens is 407 g/mol. The van der Waals surface area contributed by atoms with Crippen molar-refractivity contribution in [2.75, 3.05) is 22.4 Å². The summed E-state index contributed by atoms with van der Waals surface area (Å²) in [5.41, 5.74) is 2.75. The number of esters is 1. The van der Waals surface area contributed by atoms with Crippen molar-refractivity contribution in [1.29, 1.82) is 0 Å². The smallest absolute Gasteiger partial charge is 0.310 e. The minimum atomic E-state index is -3.05. The monoisotopic (exact) mass is 433 g/mol. The number of carbonyl (C=O) groups excluding carboxylic acids is 1. The highest BCUT2D eigenvalue weighted by Gasteiger charge is 2.47. The third-order valence-electron chi connectivity index (χ3n) is 5.32. The minimum absolute atomic E-state index is 0.0379. The van der Waals surface area contributed by atoms with Gasteiger partial charge in [-0.2, -0.15) is 0 Å². The van der Waals surface area contributed by atoms with Crippen LogP contribution in [0.4, 0.5) is 11.4 Å². The molecule has 0 unspecified atom stereocenters. The summed E-state index contributed by atoms with van der Waals surface area (Å²) >= 11 is 0. The standard InChI is InChI=1S/C25H26N2O3P/c1-21(19-25(28)30-20-22-11-5-2-6-12-22)31(29)26(23-13-7-3-8-14-23)17-18-27(31)24-15-9-4-10-16-24/h2-16,29H,1,17-20H2. The molecule has 0 atom stereocenters. The van der Waals surface area contributed by atoms with Crippen LogP contribution in [0.15, 0.2) is 103 Å². The van der Waals surface area contributed by atoms with Crippen LogP contribution in [-0.4, -0.2) is 24.0 Å². The Hall–Kier alpha value is -3.14. The highest BCUT2D eigenvalue weighted by Crippen LogP contribution is 2.72. The number of nitrogens with zero attached hydrogens (tertiary/aromatic N) is 2. The highest BCUT2D eigenvalue weighted by atomic mass is 31.2. The zero-order valence-electron chi connectivity index (χ0n) is 17.3. The van der Waals surface area contributed by atoms with E-state index in [0.717, 1.165) is 16.9 Å². The van der Waals surface area contributed by atoms with E-state index in [1.54, 1.807) is 0 Å². The molecule has 0 bridgehead atoms. The summed E-state index contributed by atoms with van der Waals surface area (Å²) < 4.78 is 9.44.